The average molecular weight is 366 g/mol. The van der Waals surface area contributed by atoms with E-state index in [4.69, 9.17) is 0 Å². The molecule has 1 aromatic rings. The number of piperidine rings is 2. The highest BCUT2D eigenvalue weighted by atomic mass is 32.2. The normalized spacial score (nSPS) is 27.4. The molecule has 2 atom stereocenters. The summed E-state index contributed by atoms with van der Waals surface area (Å²) in [7, 11) is -3.36. The van der Waals surface area contributed by atoms with Crippen molar-refractivity contribution in [1.29, 1.82) is 0 Å². The maximum Gasteiger partial charge on any atom is 0.279 e. The lowest BCUT2D eigenvalue weighted by Gasteiger charge is -2.37. The molecule has 0 saturated carbocycles. The summed E-state index contributed by atoms with van der Waals surface area (Å²) in [5.41, 5.74) is 1.32. The highest BCUT2D eigenvalue weighted by Gasteiger charge is 2.32. The number of nitrogens with zero attached hydrogens (tertiary/aromatic N) is 2. The zero-order valence-corrected chi connectivity index (χ0v) is 16.2. The molecule has 2 fully saturated rings. The number of rotatable bonds is 5. The third-order valence-electron chi connectivity index (χ3n) is 5.33. The van der Waals surface area contributed by atoms with Crippen molar-refractivity contribution in [1.82, 2.24) is 13.9 Å². The third-order valence-corrected chi connectivity index (χ3v) is 6.94. The van der Waals surface area contributed by atoms with E-state index in [1.54, 1.807) is 4.31 Å². The lowest BCUT2D eigenvalue weighted by molar-refractivity contribution is 0.193. The standard InChI is InChI=1S/C19H31N3O2S/c1-16-12-17(2)14-22(13-16)25(23,24)20-19-8-10-21(11-9-19)15-18-6-4-3-5-7-18/h3-7,16-17,19-20H,8-15H2,1-2H3/t16-,17+. The van der Waals surface area contributed by atoms with Crippen LogP contribution in [0.1, 0.15) is 38.7 Å². The quantitative estimate of drug-likeness (QED) is 0.872. The summed E-state index contributed by atoms with van der Waals surface area (Å²) in [5.74, 6) is 0.876. The van der Waals surface area contributed by atoms with Crippen LogP contribution in [0.4, 0.5) is 0 Å². The Labute approximate surface area is 152 Å². The first kappa shape index (κ1) is 18.8. The Balaban J connectivity index is 1.49. The molecule has 0 amide bonds. The molecule has 0 spiro atoms. The van der Waals surface area contributed by atoms with Gasteiger partial charge < -0.3 is 0 Å². The van der Waals surface area contributed by atoms with Crippen LogP contribution in [-0.4, -0.2) is 49.8 Å². The Hall–Kier alpha value is -0.950. The Morgan fingerprint density at radius 3 is 2.24 bits per heavy atom. The smallest absolute Gasteiger partial charge is 0.279 e. The lowest BCUT2D eigenvalue weighted by Crippen LogP contribution is -2.52. The minimum absolute atomic E-state index is 0.0598. The average Bonchev–Trinajstić information content (AvgIpc) is 2.56. The Morgan fingerprint density at radius 1 is 1.04 bits per heavy atom. The van der Waals surface area contributed by atoms with Crippen molar-refractivity contribution in [2.45, 2.75) is 45.7 Å². The van der Waals surface area contributed by atoms with E-state index in [0.29, 0.717) is 24.9 Å². The summed E-state index contributed by atoms with van der Waals surface area (Å²) in [5, 5.41) is 0. The van der Waals surface area contributed by atoms with Crippen LogP contribution in [0.2, 0.25) is 0 Å². The number of nitrogens with one attached hydrogen (secondary N) is 1. The summed E-state index contributed by atoms with van der Waals surface area (Å²) in [6, 6.07) is 10.5. The van der Waals surface area contributed by atoms with Gasteiger partial charge in [0.2, 0.25) is 0 Å². The van der Waals surface area contributed by atoms with Gasteiger partial charge in [0.15, 0.2) is 0 Å². The van der Waals surface area contributed by atoms with Gasteiger partial charge in [0.25, 0.3) is 10.2 Å². The zero-order valence-electron chi connectivity index (χ0n) is 15.4. The summed E-state index contributed by atoms with van der Waals surface area (Å²) >= 11 is 0. The number of benzene rings is 1. The molecule has 5 nitrogen and oxygen atoms in total. The Bertz CT molecular complexity index is 632. The largest absolute Gasteiger partial charge is 0.299 e. The first-order chi connectivity index (χ1) is 11.9. The molecule has 2 heterocycles. The van der Waals surface area contributed by atoms with E-state index in [0.717, 1.165) is 38.9 Å². The predicted molar refractivity (Wildman–Crippen MR) is 101 cm³/mol. The van der Waals surface area contributed by atoms with E-state index in [1.165, 1.54) is 5.56 Å². The molecule has 1 aromatic carbocycles. The van der Waals surface area contributed by atoms with Gasteiger partial charge in [-0.15, -0.1) is 0 Å². The van der Waals surface area contributed by atoms with Crippen molar-refractivity contribution < 1.29 is 8.42 Å². The van der Waals surface area contributed by atoms with Crippen molar-refractivity contribution in [2.75, 3.05) is 26.2 Å². The monoisotopic (exact) mass is 365 g/mol. The molecule has 2 saturated heterocycles. The minimum atomic E-state index is -3.36. The van der Waals surface area contributed by atoms with Gasteiger partial charge in [-0.1, -0.05) is 44.2 Å². The third kappa shape index (κ3) is 5.26. The molecule has 0 radical (unpaired) electrons. The summed E-state index contributed by atoms with van der Waals surface area (Å²) in [6.07, 6.45) is 2.87. The molecule has 2 aliphatic rings. The second kappa shape index (κ2) is 8.16. The van der Waals surface area contributed by atoms with Crippen LogP contribution in [-0.2, 0) is 16.8 Å². The van der Waals surface area contributed by atoms with Crippen LogP contribution >= 0.6 is 0 Å². The summed E-state index contributed by atoms with van der Waals surface area (Å²) < 4.78 is 30.1. The summed E-state index contributed by atoms with van der Waals surface area (Å²) in [6.45, 7) is 8.39. The molecule has 0 aliphatic carbocycles. The second-order valence-electron chi connectivity index (χ2n) is 7.92. The molecule has 2 aliphatic heterocycles. The van der Waals surface area contributed by atoms with Gasteiger partial charge in [-0.05, 0) is 36.7 Å². The molecule has 0 aromatic heterocycles. The Kier molecular flexibility index (Phi) is 6.15. The fourth-order valence-electron chi connectivity index (χ4n) is 4.14. The second-order valence-corrected chi connectivity index (χ2v) is 9.62. The molecule has 1 N–H and O–H groups in total. The van der Waals surface area contributed by atoms with Crippen molar-refractivity contribution >= 4 is 10.2 Å². The first-order valence-corrected chi connectivity index (χ1v) is 10.9. The van der Waals surface area contributed by atoms with Crippen molar-refractivity contribution in [3.05, 3.63) is 35.9 Å². The van der Waals surface area contributed by atoms with Crippen molar-refractivity contribution in [2.24, 2.45) is 11.8 Å². The van der Waals surface area contributed by atoms with Crippen molar-refractivity contribution in [3.8, 4) is 0 Å². The van der Waals surface area contributed by atoms with Crippen LogP contribution < -0.4 is 4.72 Å². The number of hydrogen-bond donors (Lipinski definition) is 1. The molecule has 25 heavy (non-hydrogen) atoms. The molecule has 0 unspecified atom stereocenters. The number of hydrogen-bond acceptors (Lipinski definition) is 3. The van der Waals surface area contributed by atoms with E-state index in [2.05, 4.69) is 47.7 Å². The Morgan fingerprint density at radius 2 is 1.64 bits per heavy atom. The van der Waals surface area contributed by atoms with Gasteiger partial charge in [-0.3, -0.25) is 4.90 Å². The van der Waals surface area contributed by atoms with E-state index < -0.39 is 10.2 Å². The van der Waals surface area contributed by atoms with Crippen LogP contribution in [0.25, 0.3) is 0 Å². The van der Waals surface area contributed by atoms with Gasteiger partial charge in [0.05, 0.1) is 0 Å². The van der Waals surface area contributed by atoms with Crippen LogP contribution in [0.15, 0.2) is 30.3 Å². The van der Waals surface area contributed by atoms with Gasteiger partial charge in [-0.2, -0.15) is 17.4 Å². The molecule has 140 valence electrons. The van der Waals surface area contributed by atoms with Crippen LogP contribution in [0.5, 0.6) is 0 Å². The van der Waals surface area contributed by atoms with Crippen LogP contribution in [0, 0.1) is 11.8 Å². The number of likely N-dealkylation sites (tertiary alicyclic amines) is 1. The maximum atomic E-state index is 12.7. The molecular weight excluding hydrogens is 334 g/mol. The van der Waals surface area contributed by atoms with Gasteiger partial charge in [0, 0.05) is 38.8 Å². The van der Waals surface area contributed by atoms with E-state index in [1.807, 2.05) is 6.07 Å². The van der Waals surface area contributed by atoms with E-state index in [-0.39, 0.29) is 6.04 Å². The summed E-state index contributed by atoms with van der Waals surface area (Å²) in [4.78, 5) is 2.41. The zero-order chi connectivity index (χ0) is 17.9. The maximum absolute atomic E-state index is 12.7. The van der Waals surface area contributed by atoms with E-state index in [9.17, 15) is 8.42 Å². The SMILES string of the molecule is C[C@@H]1C[C@H](C)CN(S(=O)(=O)NC2CCN(Cc3ccccc3)CC2)C1. The lowest BCUT2D eigenvalue weighted by atomic mass is 9.94. The molecule has 3 rings (SSSR count). The van der Waals surface area contributed by atoms with Gasteiger partial charge in [-0.25, -0.2) is 0 Å². The van der Waals surface area contributed by atoms with Crippen molar-refractivity contribution in [3.63, 3.8) is 0 Å². The topological polar surface area (TPSA) is 52.7 Å². The first-order valence-electron chi connectivity index (χ1n) is 9.46. The van der Waals surface area contributed by atoms with Gasteiger partial charge in [0.1, 0.15) is 0 Å². The molecule has 6 heteroatoms. The fraction of sp³-hybridized carbons (Fsp3) is 0.684. The minimum Gasteiger partial charge on any atom is -0.299 e. The fourth-order valence-corrected chi connectivity index (χ4v) is 5.85. The highest BCUT2D eigenvalue weighted by Crippen LogP contribution is 2.23. The molecular formula is C19H31N3O2S. The predicted octanol–water partition coefficient (Wildman–Crippen LogP) is 2.46. The van der Waals surface area contributed by atoms with E-state index >= 15 is 0 Å². The van der Waals surface area contributed by atoms with Crippen LogP contribution in [0.3, 0.4) is 0 Å². The molecule has 0 bridgehead atoms. The highest BCUT2D eigenvalue weighted by molar-refractivity contribution is 7.87. The van der Waals surface area contributed by atoms with Gasteiger partial charge >= 0.3 is 0 Å².